The summed E-state index contributed by atoms with van der Waals surface area (Å²) in [6.45, 7) is 0.159. The van der Waals surface area contributed by atoms with E-state index in [0.29, 0.717) is 18.7 Å². The van der Waals surface area contributed by atoms with Crippen LogP contribution in [0.1, 0.15) is 5.56 Å². The average molecular weight is 397 g/mol. The van der Waals surface area contributed by atoms with E-state index in [2.05, 4.69) is 5.32 Å². The largest absolute Gasteiger partial charge is 0.495 e. The van der Waals surface area contributed by atoms with Crippen LogP contribution >= 0.6 is 11.6 Å². The van der Waals surface area contributed by atoms with E-state index in [9.17, 15) is 13.2 Å². The van der Waals surface area contributed by atoms with Gasteiger partial charge in [-0.1, -0.05) is 41.9 Å². The van der Waals surface area contributed by atoms with Gasteiger partial charge in [0.25, 0.3) is 0 Å². The van der Waals surface area contributed by atoms with Crippen LogP contribution < -0.4 is 10.1 Å². The Morgan fingerprint density at radius 3 is 2.50 bits per heavy atom. The molecule has 0 fully saturated rings. The number of methoxy groups -OCH3 is 1. The lowest BCUT2D eigenvalue weighted by Gasteiger charge is -2.17. The first-order chi connectivity index (χ1) is 12.3. The Kier molecular flexibility index (Phi) is 7.02. The number of nitrogens with zero attached hydrogens (tertiary/aromatic N) is 1. The van der Waals surface area contributed by atoms with Crippen molar-refractivity contribution < 1.29 is 17.9 Å². The molecule has 0 radical (unpaired) electrons. The molecule has 0 aromatic heterocycles. The highest BCUT2D eigenvalue weighted by Crippen LogP contribution is 2.27. The number of carbonyl (C=O) groups is 1. The number of sulfonamides is 1. The Morgan fingerprint density at radius 1 is 1.19 bits per heavy atom. The summed E-state index contributed by atoms with van der Waals surface area (Å²) in [5.41, 5.74) is 1.10. The van der Waals surface area contributed by atoms with Crippen LogP contribution in [0.3, 0.4) is 0 Å². The van der Waals surface area contributed by atoms with E-state index in [1.54, 1.807) is 0 Å². The van der Waals surface area contributed by atoms with Gasteiger partial charge < -0.3 is 10.1 Å². The highest BCUT2D eigenvalue weighted by Gasteiger charge is 2.23. The summed E-state index contributed by atoms with van der Waals surface area (Å²) in [7, 11) is -1.03. The van der Waals surface area contributed by atoms with Crippen molar-refractivity contribution in [3.8, 4) is 5.75 Å². The van der Waals surface area contributed by atoms with Crippen molar-refractivity contribution in [1.82, 2.24) is 9.62 Å². The molecule has 0 saturated carbocycles. The minimum Gasteiger partial charge on any atom is -0.495 e. The maximum Gasteiger partial charge on any atom is 0.243 e. The number of rotatable bonds is 8. The van der Waals surface area contributed by atoms with E-state index in [-0.39, 0.29) is 22.4 Å². The fraction of sp³-hybridized carbons (Fsp3) is 0.278. The summed E-state index contributed by atoms with van der Waals surface area (Å²) in [5.74, 6) is 0.0125. The van der Waals surface area contributed by atoms with E-state index in [1.807, 2.05) is 30.3 Å². The van der Waals surface area contributed by atoms with Crippen molar-refractivity contribution in [2.45, 2.75) is 11.3 Å². The molecule has 2 aromatic carbocycles. The number of carbonyl (C=O) groups excluding carboxylic acids is 1. The molecule has 0 aliphatic heterocycles. The van der Waals surface area contributed by atoms with Crippen molar-refractivity contribution in [3.05, 3.63) is 59.1 Å². The quantitative estimate of drug-likeness (QED) is 0.743. The molecule has 8 heteroatoms. The molecule has 26 heavy (non-hydrogen) atoms. The van der Waals surface area contributed by atoms with Crippen LogP contribution in [0.2, 0.25) is 5.02 Å². The maximum atomic E-state index is 12.6. The second-order valence-electron chi connectivity index (χ2n) is 5.64. The Labute approximate surface area is 158 Å². The molecule has 0 atom stereocenters. The molecule has 6 nitrogen and oxygen atoms in total. The monoisotopic (exact) mass is 396 g/mol. The van der Waals surface area contributed by atoms with Gasteiger partial charge in [-0.3, -0.25) is 4.79 Å². The smallest absolute Gasteiger partial charge is 0.243 e. The third kappa shape index (κ3) is 5.20. The van der Waals surface area contributed by atoms with Gasteiger partial charge >= 0.3 is 0 Å². The Morgan fingerprint density at radius 2 is 1.88 bits per heavy atom. The van der Waals surface area contributed by atoms with E-state index in [1.165, 1.54) is 32.4 Å². The first-order valence-corrected chi connectivity index (χ1v) is 9.77. The molecular formula is C18H21ClN2O4S. The topological polar surface area (TPSA) is 75.7 Å². The second kappa shape index (κ2) is 9.02. The molecule has 2 aromatic rings. The van der Waals surface area contributed by atoms with Gasteiger partial charge in [0.15, 0.2) is 0 Å². The summed E-state index contributed by atoms with van der Waals surface area (Å²) in [5, 5.41) is 2.91. The molecule has 0 aliphatic rings. The van der Waals surface area contributed by atoms with Gasteiger partial charge in [-0.15, -0.1) is 0 Å². The summed E-state index contributed by atoms with van der Waals surface area (Å²) in [4.78, 5) is 12.0. The standard InChI is InChI=1S/C18H21ClN2O4S/c1-21(13-18(22)20-11-10-14-6-4-3-5-7-14)26(23,24)15-8-9-17(25-2)16(19)12-15/h3-9,12H,10-11,13H2,1-2H3,(H,20,22). The lowest BCUT2D eigenvalue weighted by molar-refractivity contribution is -0.121. The predicted octanol–water partition coefficient (Wildman–Crippen LogP) is 2.33. The van der Waals surface area contributed by atoms with E-state index in [0.717, 1.165) is 9.87 Å². The van der Waals surface area contributed by atoms with E-state index >= 15 is 0 Å². The second-order valence-corrected chi connectivity index (χ2v) is 8.10. The summed E-state index contributed by atoms with van der Waals surface area (Å²) < 4.78 is 31.1. The maximum absolute atomic E-state index is 12.6. The number of halogens is 1. The van der Waals surface area contributed by atoms with Crippen molar-refractivity contribution in [2.24, 2.45) is 0 Å². The number of nitrogens with one attached hydrogen (secondary N) is 1. The van der Waals surface area contributed by atoms with Crippen LogP contribution in [0.15, 0.2) is 53.4 Å². The molecule has 0 aliphatic carbocycles. The highest BCUT2D eigenvalue weighted by molar-refractivity contribution is 7.89. The molecule has 1 N–H and O–H groups in total. The third-order valence-corrected chi connectivity index (χ3v) is 5.87. The molecule has 140 valence electrons. The van der Waals surface area contributed by atoms with Crippen molar-refractivity contribution in [3.63, 3.8) is 0 Å². The fourth-order valence-electron chi connectivity index (χ4n) is 2.32. The van der Waals surface area contributed by atoms with Gasteiger partial charge in [0, 0.05) is 13.6 Å². The Balaban J connectivity index is 1.93. The minimum absolute atomic E-state index is 0.00267. The van der Waals surface area contributed by atoms with Crippen molar-refractivity contribution in [1.29, 1.82) is 0 Å². The minimum atomic E-state index is -3.83. The molecule has 0 saturated heterocycles. The predicted molar refractivity (Wildman–Crippen MR) is 101 cm³/mol. The number of likely N-dealkylation sites (N-methyl/N-ethyl adjacent to an activating group) is 1. The lowest BCUT2D eigenvalue weighted by atomic mass is 10.1. The van der Waals surface area contributed by atoms with E-state index in [4.69, 9.17) is 16.3 Å². The van der Waals surface area contributed by atoms with Crippen molar-refractivity contribution >= 4 is 27.5 Å². The third-order valence-electron chi connectivity index (χ3n) is 3.78. The molecule has 0 heterocycles. The average Bonchev–Trinajstić information content (AvgIpc) is 2.62. The number of ether oxygens (including phenoxy) is 1. The molecular weight excluding hydrogens is 376 g/mol. The summed E-state index contributed by atoms with van der Waals surface area (Å²) >= 11 is 5.99. The first-order valence-electron chi connectivity index (χ1n) is 7.95. The van der Waals surface area contributed by atoms with Crippen LogP contribution in [-0.2, 0) is 21.2 Å². The number of hydrogen-bond acceptors (Lipinski definition) is 4. The van der Waals surface area contributed by atoms with Gasteiger partial charge in [0.1, 0.15) is 5.75 Å². The van der Waals surface area contributed by atoms with E-state index < -0.39 is 10.0 Å². The Bertz CT molecular complexity index is 857. The number of amides is 1. The van der Waals surface area contributed by atoms with Gasteiger partial charge in [-0.25, -0.2) is 8.42 Å². The van der Waals surface area contributed by atoms with Gasteiger partial charge in [-0.05, 0) is 30.2 Å². The van der Waals surface area contributed by atoms with Crippen LogP contribution in [0.5, 0.6) is 5.75 Å². The number of benzene rings is 2. The molecule has 2 rings (SSSR count). The normalized spacial score (nSPS) is 11.4. The molecule has 1 amide bonds. The molecule has 0 unspecified atom stereocenters. The highest BCUT2D eigenvalue weighted by atomic mass is 35.5. The van der Waals surface area contributed by atoms with Gasteiger partial charge in [-0.2, -0.15) is 4.31 Å². The summed E-state index contributed by atoms with van der Waals surface area (Å²) in [6, 6.07) is 13.9. The zero-order valence-electron chi connectivity index (χ0n) is 14.6. The summed E-state index contributed by atoms with van der Waals surface area (Å²) in [6.07, 6.45) is 0.678. The molecule has 0 spiro atoms. The fourth-order valence-corrected chi connectivity index (χ4v) is 3.80. The zero-order valence-corrected chi connectivity index (χ0v) is 16.2. The lowest BCUT2D eigenvalue weighted by Crippen LogP contribution is -2.39. The first kappa shape index (κ1) is 20.2. The van der Waals surface area contributed by atoms with Crippen LogP contribution in [0, 0.1) is 0 Å². The van der Waals surface area contributed by atoms with Crippen LogP contribution in [0.4, 0.5) is 0 Å². The molecule has 0 bridgehead atoms. The Hall–Kier alpha value is -2.09. The van der Waals surface area contributed by atoms with Gasteiger partial charge in [0.05, 0.1) is 23.6 Å². The van der Waals surface area contributed by atoms with Crippen LogP contribution in [0.25, 0.3) is 0 Å². The van der Waals surface area contributed by atoms with Crippen LogP contribution in [-0.4, -0.2) is 45.9 Å². The zero-order chi connectivity index (χ0) is 19.2. The van der Waals surface area contributed by atoms with Gasteiger partial charge in [0.2, 0.25) is 15.9 Å². The van der Waals surface area contributed by atoms with Crippen molar-refractivity contribution in [2.75, 3.05) is 27.2 Å². The number of hydrogen-bond donors (Lipinski definition) is 1. The SMILES string of the molecule is COc1ccc(S(=O)(=O)N(C)CC(=O)NCCc2ccccc2)cc1Cl.